The molecule has 5 aromatic rings. The lowest BCUT2D eigenvalue weighted by molar-refractivity contribution is -0.134. The van der Waals surface area contributed by atoms with Crippen molar-refractivity contribution in [2.75, 3.05) is 0 Å². The number of phenolic OH excluding ortho intramolecular Hbond substituents is 1. The zero-order valence-corrected chi connectivity index (χ0v) is 26.5. The summed E-state index contributed by atoms with van der Waals surface area (Å²) in [4.78, 5) is 45.1. The molecule has 1 aliphatic rings. The minimum Gasteiger partial charge on any atom is -0.507 e. The van der Waals surface area contributed by atoms with Crippen LogP contribution in [0.3, 0.4) is 0 Å². The van der Waals surface area contributed by atoms with Crippen molar-refractivity contribution in [2.45, 2.75) is 71.1 Å². The number of aromatic hydroxyl groups is 1. The van der Waals surface area contributed by atoms with Crippen molar-refractivity contribution >= 4 is 39.2 Å². The van der Waals surface area contributed by atoms with E-state index in [1.165, 1.54) is 0 Å². The Bertz CT molecular complexity index is 1990. The van der Waals surface area contributed by atoms with Gasteiger partial charge in [-0.15, -0.1) is 0 Å². The van der Waals surface area contributed by atoms with Crippen LogP contribution in [0.1, 0.15) is 97.0 Å². The van der Waals surface area contributed by atoms with E-state index in [2.05, 4.69) is 41.5 Å². The Hall–Kier alpha value is -4.84. The molecule has 0 fully saturated rings. The van der Waals surface area contributed by atoms with Crippen LogP contribution in [0, 0.1) is 0 Å². The second-order valence-electron chi connectivity index (χ2n) is 13.9. The second kappa shape index (κ2) is 11.0. The fourth-order valence-corrected chi connectivity index (χ4v) is 6.21. The van der Waals surface area contributed by atoms with Crippen LogP contribution >= 0.6 is 0 Å². The standard InChI is InChI=1S/C39H37NO5/c1-38(2,3)27-20-22(21-28(36(27)43)39(4,5)6)14-19-31(41)45-30-13-9-11-24-16-18-29(40-34(24)30)33-35(42)26-17-15-23-10-7-8-12-25(23)32(26)37(33)44/h7-13,15-18,20-21,33,43H,14,19H2,1-6H3. The SMILES string of the molecule is CC(C)(C)c1cc(CCC(=O)Oc2cccc3ccc(C4C(=O)c5ccc6ccccc6c5C4=O)nc23)cc(C(C)(C)C)c1O. The Morgan fingerprint density at radius 3 is 2.13 bits per heavy atom. The van der Waals surface area contributed by atoms with Gasteiger partial charge in [-0.1, -0.05) is 102 Å². The Morgan fingerprint density at radius 2 is 1.44 bits per heavy atom. The van der Waals surface area contributed by atoms with E-state index in [9.17, 15) is 19.5 Å². The highest BCUT2D eigenvalue weighted by Gasteiger charge is 2.41. The number of aryl methyl sites for hydroxylation is 1. The number of carbonyl (C=O) groups is 3. The third-order valence-electron chi connectivity index (χ3n) is 8.59. The summed E-state index contributed by atoms with van der Waals surface area (Å²) in [6, 6.07) is 23.9. The molecule has 0 spiro atoms. The fourth-order valence-electron chi connectivity index (χ4n) is 6.21. The maximum absolute atomic E-state index is 13.7. The number of carbonyl (C=O) groups excluding carboxylic acids is 3. The molecule has 1 N–H and O–H groups in total. The molecule has 45 heavy (non-hydrogen) atoms. The molecule has 0 saturated carbocycles. The van der Waals surface area contributed by atoms with Gasteiger partial charge >= 0.3 is 5.97 Å². The van der Waals surface area contributed by atoms with Gasteiger partial charge in [-0.25, -0.2) is 4.98 Å². The van der Waals surface area contributed by atoms with Gasteiger partial charge in [0.05, 0.1) is 5.69 Å². The number of Topliss-reactive ketones (excluding diaryl/α,β-unsaturated/α-hetero) is 2. The Kier molecular flexibility index (Phi) is 7.35. The predicted octanol–water partition coefficient (Wildman–Crippen LogP) is 8.39. The molecule has 1 unspecified atom stereocenters. The summed E-state index contributed by atoms with van der Waals surface area (Å²) in [6.45, 7) is 12.3. The van der Waals surface area contributed by atoms with Gasteiger partial charge in [-0.2, -0.15) is 0 Å². The number of hydrogen-bond acceptors (Lipinski definition) is 6. The molecule has 1 aromatic heterocycles. The van der Waals surface area contributed by atoms with Crippen LogP contribution in [0.25, 0.3) is 21.7 Å². The van der Waals surface area contributed by atoms with Crippen molar-refractivity contribution in [3.63, 3.8) is 0 Å². The summed E-state index contributed by atoms with van der Waals surface area (Å²) >= 11 is 0. The first-order valence-corrected chi connectivity index (χ1v) is 15.3. The zero-order chi connectivity index (χ0) is 32.3. The van der Waals surface area contributed by atoms with Gasteiger partial charge in [-0.3, -0.25) is 14.4 Å². The summed E-state index contributed by atoms with van der Waals surface area (Å²) in [6.07, 6.45) is 0.558. The highest BCUT2D eigenvalue weighted by molar-refractivity contribution is 6.33. The number of esters is 1. The van der Waals surface area contributed by atoms with Gasteiger partial charge in [0.2, 0.25) is 0 Å². The number of para-hydroxylation sites is 1. The van der Waals surface area contributed by atoms with Gasteiger partial charge in [0.25, 0.3) is 0 Å². The number of benzene rings is 4. The lowest BCUT2D eigenvalue weighted by Gasteiger charge is -2.28. The van der Waals surface area contributed by atoms with Gasteiger partial charge in [0, 0.05) is 22.9 Å². The van der Waals surface area contributed by atoms with E-state index in [0.717, 1.165) is 32.8 Å². The van der Waals surface area contributed by atoms with E-state index in [4.69, 9.17) is 9.72 Å². The van der Waals surface area contributed by atoms with Crippen molar-refractivity contribution in [1.29, 1.82) is 0 Å². The van der Waals surface area contributed by atoms with Gasteiger partial charge in [0.15, 0.2) is 17.3 Å². The molecule has 1 atom stereocenters. The molecule has 1 heterocycles. The molecule has 0 radical (unpaired) electrons. The predicted molar refractivity (Wildman–Crippen MR) is 177 cm³/mol. The van der Waals surface area contributed by atoms with E-state index in [0.29, 0.717) is 34.5 Å². The quantitative estimate of drug-likeness (QED) is 0.124. The highest BCUT2D eigenvalue weighted by atomic mass is 16.5. The Morgan fingerprint density at radius 1 is 0.800 bits per heavy atom. The number of hydrogen-bond donors (Lipinski definition) is 1. The number of rotatable bonds is 5. The molecule has 6 heteroatoms. The molecule has 6 nitrogen and oxygen atoms in total. The lowest BCUT2D eigenvalue weighted by atomic mass is 9.78. The van der Waals surface area contributed by atoms with Crippen LogP contribution in [0.15, 0.2) is 78.9 Å². The van der Waals surface area contributed by atoms with E-state index < -0.39 is 11.9 Å². The number of nitrogens with zero attached hydrogens (tertiary/aromatic N) is 1. The minimum absolute atomic E-state index is 0.121. The zero-order valence-electron chi connectivity index (χ0n) is 26.5. The van der Waals surface area contributed by atoms with E-state index in [1.807, 2.05) is 48.5 Å². The topological polar surface area (TPSA) is 93.6 Å². The lowest BCUT2D eigenvalue weighted by Crippen LogP contribution is -2.18. The average molecular weight is 600 g/mol. The van der Waals surface area contributed by atoms with Crippen LogP contribution in [-0.2, 0) is 22.0 Å². The maximum Gasteiger partial charge on any atom is 0.311 e. The third kappa shape index (κ3) is 5.50. The fraction of sp³-hybridized carbons (Fsp3) is 0.282. The van der Waals surface area contributed by atoms with E-state index >= 15 is 0 Å². The van der Waals surface area contributed by atoms with Gasteiger partial charge < -0.3 is 9.84 Å². The van der Waals surface area contributed by atoms with Crippen molar-refractivity contribution in [3.05, 3.63) is 112 Å². The van der Waals surface area contributed by atoms with Crippen LogP contribution in [0.5, 0.6) is 11.5 Å². The van der Waals surface area contributed by atoms with E-state index in [1.54, 1.807) is 30.3 Å². The average Bonchev–Trinajstić information content (AvgIpc) is 3.24. The first kappa shape index (κ1) is 30.2. The molecular formula is C39H37NO5. The van der Waals surface area contributed by atoms with Crippen molar-refractivity contribution in [1.82, 2.24) is 4.98 Å². The maximum atomic E-state index is 13.7. The first-order valence-electron chi connectivity index (χ1n) is 15.3. The molecule has 6 rings (SSSR count). The number of pyridine rings is 1. The number of ether oxygens (including phenoxy) is 1. The van der Waals surface area contributed by atoms with Crippen LogP contribution in [0.2, 0.25) is 0 Å². The summed E-state index contributed by atoms with van der Waals surface area (Å²) in [5.74, 6) is -1.45. The molecule has 4 aromatic carbocycles. The van der Waals surface area contributed by atoms with Crippen molar-refractivity contribution in [2.24, 2.45) is 0 Å². The molecule has 0 bridgehead atoms. The Labute approximate surface area is 263 Å². The summed E-state index contributed by atoms with van der Waals surface area (Å²) in [7, 11) is 0. The van der Waals surface area contributed by atoms with Gasteiger partial charge in [0.1, 0.15) is 17.2 Å². The molecule has 0 saturated heterocycles. The number of phenols is 1. The first-order chi connectivity index (χ1) is 21.2. The number of ketones is 2. The Balaban J connectivity index is 1.27. The van der Waals surface area contributed by atoms with Crippen LogP contribution in [-0.4, -0.2) is 27.6 Å². The second-order valence-corrected chi connectivity index (χ2v) is 13.9. The molecule has 1 aliphatic carbocycles. The molecule has 0 amide bonds. The minimum atomic E-state index is -1.05. The van der Waals surface area contributed by atoms with Crippen LogP contribution in [0.4, 0.5) is 0 Å². The largest absolute Gasteiger partial charge is 0.507 e. The summed E-state index contributed by atoms with van der Waals surface area (Å²) in [5, 5.41) is 13.4. The normalized spacial score (nSPS) is 15.1. The molecule has 0 aliphatic heterocycles. The molecule has 228 valence electrons. The van der Waals surface area contributed by atoms with Crippen LogP contribution < -0.4 is 4.74 Å². The van der Waals surface area contributed by atoms with E-state index in [-0.39, 0.29) is 34.6 Å². The van der Waals surface area contributed by atoms with Gasteiger partial charge in [-0.05, 0) is 62.9 Å². The third-order valence-corrected chi connectivity index (χ3v) is 8.59. The molecular weight excluding hydrogens is 562 g/mol. The number of fused-ring (bicyclic) bond motifs is 4. The highest BCUT2D eigenvalue weighted by Crippen LogP contribution is 2.41. The smallest absolute Gasteiger partial charge is 0.311 e. The number of aromatic nitrogens is 1. The summed E-state index contributed by atoms with van der Waals surface area (Å²) in [5.41, 5.74) is 3.67. The van der Waals surface area contributed by atoms with Crippen molar-refractivity contribution < 1.29 is 24.2 Å². The van der Waals surface area contributed by atoms with Crippen molar-refractivity contribution in [3.8, 4) is 11.5 Å². The monoisotopic (exact) mass is 599 g/mol. The summed E-state index contributed by atoms with van der Waals surface area (Å²) < 4.78 is 5.84.